The van der Waals surface area contributed by atoms with Gasteiger partial charge in [0.2, 0.25) is 10.0 Å². The third kappa shape index (κ3) is 3.12. The minimum absolute atomic E-state index is 0.0273. The van der Waals surface area contributed by atoms with Gasteiger partial charge >= 0.3 is 11.1 Å². The molecule has 3 N–H and O–H groups in total. The van der Waals surface area contributed by atoms with Gasteiger partial charge < -0.3 is 9.97 Å². The first-order valence-corrected chi connectivity index (χ1v) is 8.55. The van der Waals surface area contributed by atoms with Gasteiger partial charge in [0, 0.05) is 6.20 Å². The third-order valence-electron chi connectivity index (χ3n) is 3.47. The second-order valence-electron chi connectivity index (χ2n) is 5.21. The second-order valence-corrected chi connectivity index (χ2v) is 6.93. The van der Waals surface area contributed by atoms with Gasteiger partial charge in [-0.15, -0.1) is 0 Å². The van der Waals surface area contributed by atoms with Crippen molar-refractivity contribution in [2.45, 2.75) is 17.9 Å². The van der Waals surface area contributed by atoms with Crippen molar-refractivity contribution >= 4 is 21.1 Å². The number of aromatic nitrogens is 3. The Bertz CT molecular complexity index is 1100. The van der Waals surface area contributed by atoms with E-state index in [2.05, 4.69) is 19.7 Å². The van der Waals surface area contributed by atoms with Crippen molar-refractivity contribution in [3.63, 3.8) is 0 Å². The van der Waals surface area contributed by atoms with Crippen LogP contribution in [0.15, 0.2) is 57.1 Å². The first-order valence-electron chi connectivity index (χ1n) is 7.06. The smallest absolute Gasteiger partial charge is 0.314 e. The zero-order valence-corrected chi connectivity index (χ0v) is 13.4. The van der Waals surface area contributed by atoms with Crippen LogP contribution in [0.3, 0.4) is 0 Å². The maximum Gasteiger partial charge on any atom is 0.314 e. The topological polar surface area (TPSA) is 125 Å². The molecule has 1 atom stereocenters. The lowest BCUT2D eigenvalue weighted by Gasteiger charge is -2.14. The van der Waals surface area contributed by atoms with E-state index in [4.69, 9.17) is 0 Å². The van der Waals surface area contributed by atoms with Crippen molar-refractivity contribution in [1.82, 2.24) is 19.7 Å². The monoisotopic (exact) mass is 346 g/mol. The number of H-pyrrole nitrogens is 2. The molecule has 8 nitrogen and oxygen atoms in total. The molecule has 0 bridgehead atoms. The van der Waals surface area contributed by atoms with Crippen LogP contribution in [0.1, 0.15) is 18.7 Å². The minimum Gasteiger partial charge on any atom is -0.316 e. The lowest BCUT2D eigenvalue weighted by molar-refractivity contribution is 0.564. The van der Waals surface area contributed by atoms with Crippen LogP contribution in [0.5, 0.6) is 0 Å². The molecule has 2 aromatic heterocycles. The van der Waals surface area contributed by atoms with Gasteiger partial charge in [-0.3, -0.25) is 14.6 Å². The molecule has 2 heterocycles. The zero-order valence-electron chi connectivity index (χ0n) is 12.6. The molecule has 9 heteroatoms. The van der Waals surface area contributed by atoms with E-state index < -0.39 is 27.2 Å². The van der Waals surface area contributed by atoms with Crippen molar-refractivity contribution in [3.05, 3.63) is 69.0 Å². The number of rotatable bonds is 4. The standard InChI is InChI=1S/C15H14N4O4S/c1-9(11-4-2-3-7-16-11)19-24(22,23)10-5-6-12-13(8-10)18-15(21)14(20)17-12/h2-9,19H,1H3,(H,17,20)(H,18,21)/t9-/m1/s1. The summed E-state index contributed by atoms with van der Waals surface area (Å²) in [6, 6.07) is 8.77. The van der Waals surface area contributed by atoms with E-state index in [1.54, 1.807) is 31.3 Å². The highest BCUT2D eigenvalue weighted by Gasteiger charge is 2.19. The predicted molar refractivity (Wildman–Crippen MR) is 88.2 cm³/mol. The third-order valence-corrected chi connectivity index (χ3v) is 5.01. The van der Waals surface area contributed by atoms with Gasteiger partial charge in [-0.2, -0.15) is 0 Å². The molecular weight excluding hydrogens is 332 g/mol. The molecule has 0 fully saturated rings. The van der Waals surface area contributed by atoms with Crippen molar-refractivity contribution in [2.24, 2.45) is 0 Å². The fourth-order valence-electron chi connectivity index (χ4n) is 2.25. The number of nitrogens with one attached hydrogen (secondary N) is 3. The molecule has 3 rings (SSSR count). The number of benzene rings is 1. The van der Waals surface area contributed by atoms with E-state index in [0.717, 1.165) is 0 Å². The molecule has 0 aliphatic rings. The van der Waals surface area contributed by atoms with Gasteiger partial charge in [-0.05, 0) is 37.3 Å². The minimum atomic E-state index is -3.83. The normalized spacial score (nSPS) is 13.0. The molecule has 0 saturated carbocycles. The Morgan fingerprint density at radius 1 is 1.04 bits per heavy atom. The highest BCUT2D eigenvalue weighted by atomic mass is 32.2. The lowest BCUT2D eigenvalue weighted by Crippen LogP contribution is -2.29. The van der Waals surface area contributed by atoms with Crippen molar-refractivity contribution in [3.8, 4) is 0 Å². The predicted octanol–water partition coefficient (Wildman–Crippen LogP) is 0.651. The SMILES string of the molecule is C[C@@H](NS(=O)(=O)c1ccc2[nH]c(=O)c(=O)[nH]c2c1)c1ccccn1. The van der Waals surface area contributed by atoms with Crippen LogP contribution >= 0.6 is 0 Å². The summed E-state index contributed by atoms with van der Waals surface area (Å²) >= 11 is 0. The lowest BCUT2D eigenvalue weighted by atomic mass is 10.2. The quantitative estimate of drug-likeness (QED) is 0.598. The fraction of sp³-hybridized carbons (Fsp3) is 0.133. The van der Waals surface area contributed by atoms with E-state index in [0.29, 0.717) is 11.2 Å². The molecule has 24 heavy (non-hydrogen) atoms. The summed E-state index contributed by atoms with van der Waals surface area (Å²) in [6.07, 6.45) is 1.58. The maximum atomic E-state index is 12.5. The van der Waals surface area contributed by atoms with E-state index in [9.17, 15) is 18.0 Å². The van der Waals surface area contributed by atoms with E-state index >= 15 is 0 Å². The molecule has 0 saturated heterocycles. The first kappa shape index (κ1) is 16.1. The molecular formula is C15H14N4O4S. The molecule has 0 amide bonds. The Balaban J connectivity index is 1.97. The highest BCUT2D eigenvalue weighted by molar-refractivity contribution is 7.89. The van der Waals surface area contributed by atoms with Crippen LogP contribution in [-0.4, -0.2) is 23.4 Å². The number of sulfonamides is 1. The summed E-state index contributed by atoms with van der Waals surface area (Å²) in [4.78, 5) is 31.5. The van der Waals surface area contributed by atoms with E-state index in [1.807, 2.05) is 0 Å². The van der Waals surface area contributed by atoms with Gasteiger partial charge in [0.25, 0.3) is 0 Å². The summed E-state index contributed by atoms with van der Waals surface area (Å²) in [5, 5.41) is 0. The summed E-state index contributed by atoms with van der Waals surface area (Å²) in [7, 11) is -3.83. The molecule has 3 aromatic rings. The molecule has 0 aliphatic carbocycles. The van der Waals surface area contributed by atoms with Crippen molar-refractivity contribution in [1.29, 1.82) is 0 Å². The summed E-state index contributed by atoms with van der Waals surface area (Å²) in [5.74, 6) is 0. The van der Waals surface area contributed by atoms with Gasteiger partial charge in [0.05, 0.1) is 27.7 Å². The number of fused-ring (bicyclic) bond motifs is 1. The molecule has 0 spiro atoms. The summed E-state index contributed by atoms with van der Waals surface area (Å²) < 4.78 is 27.5. The highest BCUT2D eigenvalue weighted by Crippen LogP contribution is 2.17. The number of hydrogen-bond acceptors (Lipinski definition) is 5. The first-order chi connectivity index (χ1) is 11.4. The Morgan fingerprint density at radius 3 is 2.42 bits per heavy atom. The molecule has 124 valence electrons. The summed E-state index contributed by atoms with van der Waals surface area (Å²) in [5.41, 5.74) is -0.476. The van der Waals surface area contributed by atoms with E-state index in [1.165, 1.54) is 18.2 Å². The van der Waals surface area contributed by atoms with E-state index in [-0.39, 0.29) is 10.4 Å². The average molecular weight is 346 g/mol. The molecule has 0 radical (unpaired) electrons. The largest absolute Gasteiger partial charge is 0.316 e. The Morgan fingerprint density at radius 2 is 1.75 bits per heavy atom. The van der Waals surface area contributed by atoms with Crippen LogP contribution in [0, 0.1) is 0 Å². The fourth-order valence-corrected chi connectivity index (χ4v) is 3.50. The van der Waals surface area contributed by atoms with Gasteiger partial charge in [-0.1, -0.05) is 6.07 Å². The van der Waals surface area contributed by atoms with Gasteiger partial charge in [-0.25, -0.2) is 13.1 Å². The van der Waals surface area contributed by atoms with Crippen LogP contribution in [-0.2, 0) is 10.0 Å². The maximum absolute atomic E-state index is 12.5. The zero-order chi connectivity index (χ0) is 17.3. The van der Waals surface area contributed by atoms with Crippen molar-refractivity contribution < 1.29 is 8.42 Å². The van der Waals surface area contributed by atoms with Crippen LogP contribution in [0.4, 0.5) is 0 Å². The second kappa shape index (κ2) is 6.02. The van der Waals surface area contributed by atoms with Crippen LogP contribution in [0.2, 0.25) is 0 Å². The van der Waals surface area contributed by atoms with Gasteiger partial charge in [0.1, 0.15) is 0 Å². The Hall–Kier alpha value is -2.78. The van der Waals surface area contributed by atoms with Crippen LogP contribution in [0.25, 0.3) is 11.0 Å². The van der Waals surface area contributed by atoms with Gasteiger partial charge in [0.15, 0.2) is 0 Å². The molecule has 1 aromatic carbocycles. The van der Waals surface area contributed by atoms with Crippen LogP contribution < -0.4 is 15.8 Å². The number of pyridine rings is 1. The number of hydrogen-bond donors (Lipinski definition) is 3. The molecule has 0 unspecified atom stereocenters. The summed E-state index contributed by atoms with van der Waals surface area (Å²) in [6.45, 7) is 1.68. The number of nitrogens with zero attached hydrogens (tertiary/aromatic N) is 1. The number of aromatic amines is 2. The average Bonchev–Trinajstić information content (AvgIpc) is 2.56. The van der Waals surface area contributed by atoms with Crippen molar-refractivity contribution in [2.75, 3.05) is 0 Å². The molecule has 0 aliphatic heterocycles. The Labute approximate surface area is 136 Å². The Kier molecular flexibility index (Phi) is 4.04.